The average molecular weight is 324 g/mol. The van der Waals surface area contributed by atoms with Crippen molar-refractivity contribution in [2.75, 3.05) is 0 Å². The molecule has 0 aliphatic carbocycles. The number of aliphatic hydroxyl groups is 1. The molecule has 1 atom stereocenters. The van der Waals surface area contributed by atoms with E-state index in [1.54, 1.807) is 0 Å². The van der Waals surface area contributed by atoms with E-state index in [0.717, 1.165) is 44.9 Å². The van der Waals surface area contributed by atoms with Gasteiger partial charge in [-0.25, -0.2) is 0 Å². The van der Waals surface area contributed by atoms with Crippen molar-refractivity contribution in [1.82, 2.24) is 0 Å². The quantitative estimate of drug-likeness (QED) is 0.339. The lowest BCUT2D eigenvalue weighted by atomic mass is 10.1. The van der Waals surface area contributed by atoms with Gasteiger partial charge in [-0.1, -0.05) is 77.1 Å². The summed E-state index contributed by atoms with van der Waals surface area (Å²) in [5, 5.41) is 9.59. The topological polar surface area (TPSA) is 63.3 Å². The second-order valence-electron chi connectivity index (χ2n) is 6.48. The Morgan fingerprint density at radius 3 is 1.96 bits per heavy atom. The summed E-state index contributed by atoms with van der Waals surface area (Å²) in [7, 11) is 0. The maximum atomic E-state index is 10.6. The Morgan fingerprint density at radius 1 is 0.913 bits per heavy atom. The van der Waals surface area contributed by atoms with Gasteiger partial charge in [0.05, 0.1) is 0 Å². The molecule has 3 nitrogen and oxygen atoms in total. The SMILES string of the molecule is CCCC[C@H](O)C#CCCCCCCCCCCCCC(N)=O. The first-order chi connectivity index (χ1) is 11.2. The summed E-state index contributed by atoms with van der Waals surface area (Å²) < 4.78 is 0. The fourth-order valence-corrected chi connectivity index (χ4v) is 2.59. The van der Waals surface area contributed by atoms with Crippen molar-refractivity contribution < 1.29 is 9.90 Å². The van der Waals surface area contributed by atoms with Crippen molar-refractivity contribution in [3.05, 3.63) is 0 Å². The van der Waals surface area contributed by atoms with Crippen LogP contribution in [-0.2, 0) is 4.79 Å². The van der Waals surface area contributed by atoms with Crippen molar-refractivity contribution in [2.24, 2.45) is 5.73 Å². The van der Waals surface area contributed by atoms with Crippen LogP contribution in [0.1, 0.15) is 103 Å². The predicted octanol–water partition coefficient (Wildman–Crippen LogP) is 4.71. The minimum atomic E-state index is -0.419. The Morgan fingerprint density at radius 2 is 1.43 bits per heavy atom. The number of hydrogen-bond donors (Lipinski definition) is 2. The number of amides is 1. The number of hydrogen-bond acceptors (Lipinski definition) is 2. The fraction of sp³-hybridized carbons (Fsp3) is 0.850. The van der Waals surface area contributed by atoms with Gasteiger partial charge < -0.3 is 10.8 Å². The van der Waals surface area contributed by atoms with Crippen LogP contribution in [-0.4, -0.2) is 17.1 Å². The molecule has 0 heterocycles. The van der Waals surface area contributed by atoms with Crippen LogP contribution in [0.5, 0.6) is 0 Å². The summed E-state index contributed by atoms with van der Waals surface area (Å²) in [6, 6.07) is 0. The number of carbonyl (C=O) groups is 1. The molecule has 23 heavy (non-hydrogen) atoms. The monoisotopic (exact) mass is 323 g/mol. The van der Waals surface area contributed by atoms with E-state index in [-0.39, 0.29) is 5.91 Å². The molecule has 0 aliphatic heterocycles. The van der Waals surface area contributed by atoms with E-state index in [0.29, 0.717) is 6.42 Å². The Bertz CT molecular complexity index is 330. The van der Waals surface area contributed by atoms with Gasteiger partial charge in [-0.15, -0.1) is 5.92 Å². The largest absolute Gasteiger partial charge is 0.380 e. The molecule has 0 rings (SSSR count). The third kappa shape index (κ3) is 18.9. The summed E-state index contributed by atoms with van der Waals surface area (Å²) in [5.41, 5.74) is 5.11. The smallest absolute Gasteiger partial charge is 0.217 e. The molecule has 0 saturated heterocycles. The van der Waals surface area contributed by atoms with Crippen LogP contribution in [0.2, 0.25) is 0 Å². The van der Waals surface area contributed by atoms with Crippen molar-refractivity contribution in [1.29, 1.82) is 0 Å². The fourth-order valence-electron chi connectivity index (χ4n) is 2.59. The van der Waals surface area contributed by atoms with Gasteiger partial charge in [-0.05, 0) is 19.3 Å². The highest BCUT2D eigenvalue weighted by molar-refractivity contribution is 5.73. The highest BCUT2D eigenvalue weighted by Gasteiger charge is 1.97. The number of nitrogens with two attached hydrogens (primary N) is 1. The Hall–Kier alpha value is -1.01. The van der Waals surface area contributed by atoms with Crippen molar-refractivity contribution in [3.63, 3.8) is 0 Å². The standard InChI is InChI=1S/C20H37NO2/c1-2-3-16-19(22)17-14-12-10-8-6-4-5-7-9-11-13-15-18-20(21)23/h19,22H,2-13,15-16,18H2,1H3,(H2,21,23)/t19-/m0/s1. The van der Waals surface area contributed by atoms with Gasteiger partial charge in [0.25, 0.3) is 0 Å². The van der Waals surface area contributed by atoms with Crippen LogP contribution < -0.4 is 5.73 Å². The van der Waals surface area contributed by atoms with Crippen molar-refractivity contribution in [3.8, 4) is 11.8 Å². The second-order valence-corrected chi connectivity index (χ2v) is 6.48. The first-order valence-corrected chi connectivity index (χ1v) is 9.61. The Kier molecular flexibility index (Phi) is 16.6. The van der Waals surface area contributed by atoms with Gasteiger partial charge in [-0.2, -0.15) is 0 Å². The Labute approximate surface area is 143 Å². The summed E-state index contributed by atoms with van der Waals surface area (Å²) >= 11 is 0. The molecule has 3 heteroatoms. The van der Waals surface area contributed by atoms with E-state index in [1.165, 1.54) is 44.9 Å². The van der Waals surface area contributed by atoms with Crippen LogP contribution in [0.25, 0.3) is 0 Å². The lowest BCUT2D eigenvalue weighted by Crippen LogP contribution is -2.09. The third-order valence-electron chi connectivity index (χ3n) is 4.07. The summed E-state index contributed by atoms with van der Waals surface area (Å²) in [5.74, 6) is 5.86. The molecule has 134 valence electrons. The van der Waals surface area contributed by atoms with Gasteiger partial charge in [-0.3, -0.25) is 4.79 Å². The van der Waals surface area contributed by atoms with Crippen LogP contribution in [0.3, 0.4) is 0 Å². The molecule has 0 fully saturated rings. The molecule has 0 spiro atoms. The van der Waals surface area contributed by atoms with Crippen molar-refractivity contribution >= 4 is 5.91 Å². The van der Waals surface area contributed by atoms with Gasteiger partial charge >= 0.3 is 0 Å². The summed E-state index contributed by atoms with van der Waals surface area (Å²) in [6.07, 6.45) is 16.2. The zero-order chi connectivity index (χ0) is 17.2. The first kappa shape index (κ1) is 22.0. The lowest BCUT2D eigenvalue weighted by molar-refractivity contribution is -0.118. The van der Waals surface area contributed by atoms with Crippen LogP contribution in [0.4, 0.5) is 0 Å². The Balaban J connectivity index is 3.19. The van der Waals surface area contributed by atoms with Crippen molar-refractivity contribution in [2.45, 2.75) is 109 Å². The van der Waals surface area contributed by atoms with E-state index in [4.69, 9.17) is 5.73 Å². The van der Waals surface area contributed by atoms with E-state index in [2.05, 4.69) is 18.8 Å². The van der Waals surface area contributed by atoms with Gasteiger partial charge in [0.2, 0.25) is 5.91 Å². The molecule has 0 radical (unpaired) electrons. The molecule has 3 N–H and O–H groups in total. The van der Waals surface area contributed by atoms with Crippen LogP contribution in [0.15, 0.2) is 0 Å². The maximum absolute atomic E-state index is 10.6. The second kappa shape index (κ2) is 17.3. The van der Waals surface area contributed by atoms with Gasteiger partial charge in [0.15, 0.2) is 0 Å². The molecule has 0 aromatic heterocycles. The minimum Gasteiger partial charge on any atom is -0.380 e. The minimum absolute atomic E-state index is 0.176. The highest BCUT2D eigenvalue weighted by Crippen LogP contribution is 2.11. The van der Waals surface area contributed by atoms with E-state index in [9.17, 15) is 9.90 Å². The van der Waals surface area contributed by atoms with E-state index >= 15 is 0 Å². The molecule has 0 bridgehead atoms. The van der Waals surface area contributed by atoms with Crippen LogP contribution >= 0.6 is 0 Å². The molecular formula is C20H37NO2. The molecular weight excluding hydrogens is 286 g/mol. The normalized spacial score (nSPS) is 11.7. The molecule has 0 aromatic carbocycles. The predicted molar refractivity (Wildman–Crippen MR) is 97.9 cm³/mol. The average Bonchev–Trinajstić information content (AvgIpc) is 2.52. The van der Waals surface area contributed by atoms with Gasteiger partial charge in [0.1, 0.15) is 6.10 Å². The summed E-state index contributed by atoms with van der Waals surface area (Å²) in [6.45, 7) is 2.13. The lowest BCUT2D eigenvalue weighted by Gasteiger charge is -2.02. The molecule has 0 aromatic rings. The zero-order valence-corrected chi connectivity index (χ0v) is 15.1. The highest BCUT2D eigenvalue weighted by atomic mass is 16.3. The maximum Gasteiger partial charge on any atom is 0.217 e. The van der Waals surface area contributed by atoms with Crippen LogP contribution in [0, 0.1) is 11.8 Å². The number of primary amides is 1. The van der Waals surface area contributed by atoms with Gasteiger partial charge in [0, 0.05) is 12.8 Å². The number of unbranched alkanes of at least 4 members (excludes halogenated alkanes) is 11. The number of carbonyl (C=O) groups excluding carboxylic acids is 1. The number of aliphatic hydroxyl groups excluding tert-OH is 1. The number of rotatable bonds is 15. The molecule has 1 amide bonds. The first-order valence-electron chi connectivity index (χ1n) is 9.61. The zero-order valence-electron chi connectivity index (χ0n) is 15.1. The third-order valence-corrected chi connectivity index (χ3v) is 4.07. The van der Waals surface area contributed by atoms with E-state index in [1.807, 2.05) is 0 Å². The van der Waals surface area contributed by atoms with E-state index < -0.39 is 6.10 Å². The molecule has 0 saturated carbocycles. The molecule has 0 aliphatic rings. The molecule has 0 unspecified atom stereocenters. The summed E-state index contributed by atoms with van der Waals surface area (Å²) in [4.78, 5) is 10.6.